The van der Waals surface area contributed by atoms with Crippen molar-refractivity contribution in [3.05, 3.63) is 39.3 Å². The Morgan fingerprint density at radius 3 is 2.50 bits per heavy atom. The number of amides is 1. The Morgan fingerprint density at radius 2 is 1.77 bits per heavy atom. The van der Waals surface area contributed by atoms with Gasteiger partial charge in [0.1, 0.15) is 5.01 Å². The van der Waals surface area contributed by atoms with Gasteiger partial charge in [-0.3, -0.25) is 4.79 Å². The summed E-state index contributed by atoms with van der Waals surface area (Å²) in [5.41, 5.74) is 0.733. The molecule has 0 atom stereocenters. The van der Waals surface area contributed by atoms with Crippen LogP contribution in [0.25, 0.3) is 0 Å². The minimum Gasteiger partial charge on any atom is -0.343 e. The fourth-order valence-electron chi connectivity index (χ4n) is 3.77. The van der Waals surface area contributed by atoms with Gasteiger partial charge in [0.2, 0.25) is 5.13 Å². The number of hydrogen-bond donors (Lipinski definition) is 0. The summed E-state index contributed by atoms with van der Waals surface area (Å²) < 4.78 is 0.855. The highest BCUT2D eigenvalue weighted by molar-refractivity contribution is 9.10. The van der Waals surface area contributed by atoms with Gasteiger partial charge in [-0.05, 0) is 40.9 Å². The molecule has 1 aliphatic carbocycles. The normalized spacial score (nSPS) is 19.0. The van der Waals surface area contributed by atoms with Crippen molar-refractivity contribution < 1.29 is 4.79 Å². The Kier molecular flexibility index (Phi) is 5.55. The number of carbonyl (C=O) groups excluding carboxylic acids is 1. The molecular weight excluding hydrogens is 412 g/mol. The lowest BCUT2D eigenvalue weighted by molar-refractivity contribution is 0.0746. The second-order valence-corrected chi connectivity index (χ2v) is 8.86. The first-order chi connectivity index (χ1) is 12.7. The first-order valence-electron chi connectivity index (χ1n) is 9.34. The molecule has 0 radical (unpaired) electrons. The molecule has 0 spiro atoms. The van der Waals surface area contributed by atoms with Crippen molar-refractivity contribution in [2.24, 2.45) is 0 Å². The minimum atomic E-state index is 0.0947. The standard InChI is InChI=1S/C19H23BrN4OS/c20-16-9-5-4-8-15(16)18(25)23-10-12-24(13-11-23)19-22-21-17(26-19)14-6-2-1-3-7-14/h4-5,8-9,14H,1-3,6-7,10-13H2. The Hall–Kier alpha value is -1.47. The number of anilines is 1. The van der Waals surface area contributed by atoms with Gasteiger partial charge in [0.15, 0.2) is 0 Å². The third-order valence-corrected chi connectivity index (χ3v) is 7.16. The molecule has 138 valence electrons. The van der Waals surface area contributed by atoms with E-state index in [0.717, 1.165) is 41.3 Å². The van der Waals surface area contributed by atoms with Gasteiger partial charge < -0.3 is 9.80 Å². The molecule has 0 bridgehead atoms. The summed E-state index contributed by atoms with van der Waals surface area (Å²) >= 11 is 5.23. The summed E-state index contributed by atoms with van der Waals surface area (Å²) in [6, 6.07) is 7.62. The maximum absolute atomic E-state index is 12.7. The van der Waals surface area contributed by atoms with Crippen molar-refractivity contribution >= 4 is 38.3 Å². The molecule has 1 saturated carbocycles. The van der Waals surface area contributed by atoms with Crippen LogP contribution < -0.4 is 4.90 Å². The first kappa shape index (κ1) is 17.9. The average Bonchev–Trinajstić information content (AvgIpc) is 3.19. The largest absolute Gasteiger partial charge is 0.343 e. The molecule has 1 amide bonds. The third kappa shape index (κ3) is 3.78. The van der Waals surface area contributed by atoms with Gasteiger partial charge in [-0.25, -0.2) is 0 Å². The molecule has 1 aliphatic heterocycles. The lowest BCUT2D eigenvalue weighted by Gasteiger charge is -2.34. The molecular formula is C19H23BrN4OS. The quantitative estimate of drug-likeness (QED) is 0.721. The van der Waals surface area contributed by atoms with Crippen molar-refractivity contribution in [1.82, 2.24) is 15.1 Å². The summed E-state index contributed by atoms with van der Waals surface area (Å²) in [5, 5.41) is 11.1. The Morgan fingerprint density at radius 1 is 1.04 bits per heavy atom. The van der Waals surface area contributed by atoms with Crippen LogP contribution in [-0.4, -0.2) is 47.2 Å². The van der Waals surface area contributed by atoms with Crippen LogP contribution in [0.4, 0.5) is 5.13 Å². The van der Waals surface area contributed by atoms with Gasteiger partial charge in [0.05, 0.1) is 5.56 Å². The number of nitrogens with zero attached hydrogens (tertiary/aromatic N) is 4. The fraction of sp³-hybridized carbons (Fsp3) is 0.526. The minimum absolute atomic E-state index is 0.0947. The average molecular weight is 435 g/mol. The van der Waals surface area contributed by atoms with Crippen LogP contribution in [0.2, 0.25) is 0 Å². The monoisotopic (exact) mass is 434 g/mol. The van der Waals surface area contributed by atoms with E-state index in [-0.39, 0.29) is 5.91 Å². The Balaban J connectivity index is 1.37. The van der Waals surface area contributed by atoms with Gasteiger partial charge in [-0.1, -0.05) is 42.7 Å². The van der Waals surface area contributed by atoms with Crippen molar-refractivity contribution in [1.29, 1.82) is 0 Å². The Labute approximate surface area is 166 Å². The van der Waals surface area contributed by atoms with Crippen LogP contribution in [0.15, 0.2) is 28.7 Å². The number of hydrogen-bond acceptors (Lipinski definition) is 5. The van der Waals surface area contributed by atoms with E-state index in [1.54, 1.807) is 11.3 Å². The molecule has 2 fully saturated rings. The van der Waals surface area contributed by atoms with E-state index < -0.39 is 0 Å². The predicted octanol–water partition coefficient (Wildman–Crippen LogP) is 4.31. The lowest BCUT2D eigenvalue weighted by Crippen LogP contribution is -2.48. The van der Waals surface area contributed by atoms with Gasteiger partial charge in [0, 0.05) is 36.6 Å². The SMILES string of the molecule is O=C(c1ccccc1Br)N1CCN(c2nnc(C3CCCCC3)s2)CC1. The van der Waals surface area contributed by atoms with Crippen molar-refractivity contribution in [3.8, 4) is 0 Å². The van der Waals surface area contributed by atoms with Crippen LogP contribution in [0.1, 0.15) is 53.4 Å². The van der Waals surface area contributed by atoms with Crippen LogP contribution in [-0.2, 0) is 0 Å². The molecule has 4 rings (SSSR count). The topological polar surface area (TPSA) is 49.3 Å². The maximum Gasteiger partial charge on any atom is 0.255 e. The number of benzene rings is 1. The number of halogens is 1. The van der Waals surface area contributed by atoms with Crippen LogP contribution in [0, 0.1) is 0 Å². The molecule has 2 heterocycles. The third-order valence-electron chi connectivity index (χ3n) is 5.33. The first-order valence-corrected chi connectivity index (χ1v) is 11.0. The zero-order valence-corrected chi connectivity index (χ0v) is 17.1. The van der Waals surface area contributed by atoms with Gasteiger partial charge in [0.25, 0.3) is 5.91 Å². The number of carbonyl (C=O) groups is 1. The summed E-state index contributed by atoms with van der Waals surface area (Å²) in [7, 11) is 0. The zero-order chi connectivity index (χ0) is 17.9. The second kappa shape index (κ2) is 8.05. The second-order valence-electron chi connectivity index (χ2n) is 7.02. The van der Waals surface area contributed by atoms with Gasteiger partial charge in [-0.15, -0.1) is 10.2 Å². The molecule has 2 aliphatic rings. The molecule has 1 saturated heterocycles. The van der Waals surface area contributed by atoms with Gasteiger partial charge in [-0.2, -0.15) is 0 Å². The van der Waals surface area contributed by atoms with E-state index >= 15 is 0 Å². The molecule has 7 heteroatoms. The molecule has 0 N–H and O–H groups in total. The zero-order valence-electron chi connectivity index (χ0n) is 14.7. The highest BCUT2D eigenvalue weighted by Crippen LogP contribution is 2.36. The van der Waals surface area contributed by atoms with E-state index in [2.05, 4.69) is 31.0 Å². The summed E-state index contributed by atoms with van der Waals surface area (Å²) in [6.07, 6.45) is 6.49. The molecule has 5 nitrogen and oxygen atoms in total. The molecule has 26 heavy (non-hydrogen) atoms. The highest BCUT2D eigenvalue weighted by Gasteiger charge is 2.26. The van der Waals surface area contributed by atoms with E-state index in [0.29, 0.717) is 5.92 Å². The number of aromatic nitrogens is 2. The van der Waals surface area contributed by atoms with Crippen LogP contribution >= 0.6 is 27.3 Å². The summed E-state index contributed by atoms with van der Waals surface area (Å²) in [6.45, 7) is 3.07. The molecule has 2 aromatic rings. The van der Waals surface area contributed by atoms with Crippen LogP contribution in [0.3, 0.4) is 0 Å². The summed E-state index contributed by atoms with van der Waals surface area (Å²) in [4.78, 5) is 16.9. The number of rotatable bonds is 3. The van der Waals surface area contributed by atoms with E-state index in [1.807, 2.05) is 29.2 Å². The fourth-order valence-corrected chi connectivity index (χ4v) is 5.29. The van der Waals surface area contributed by atoms with Gasteiger partial charge >= 0.3 is 0 Å². The maximum atomic E-state index is 12.7. The summed E-state index contributed by atoms with van der Waals surface area (Å²) in [5.74, 6) is 0.700. The van der Waals surface area contributed by atoms with E-state index in [1.165, 1.54) is 37.1 Å². The van der Waals surface area contributed by atoms with Crippen molar-refractivity contribution in [3.63, 3.8) is 0 Å². The lowest BCUT2D eigenvalue weighted by atomic mass is 9.90. The molecule has 0 unspecified atom stereocenters. The van der Waals surface area contributed by atoms with E-state index in [9.17, 15) is 4.79 Å². The smallest absolute Gasteiger partial charge is 0.255 e. The predicted molar refractivity (Wildman–Crippen MR) is 108 cm³/mol. The van der Waals surface area contributed by atoms with Crippen molar-refractivity contribution in [2.75, 3.05) is 31.1 Å². The molecule has 1 aromatic carbocycles. The van der Waals surface area contributed by atoms with Crippen LogP contribution in [0.5, 0.6) is 0 Å². The number of piperazine rings is 1. The molecule has 1 aromatic heterocycles. The van der Waals surface area contributed by atoms with Crippen molar-refractivity contribution in [2.45, 2.75) is 38.0 Å². The highest BCUT2D eigenvalue weighted by atomic mass is 79.9. The Bertz CT molecular complexity index is 766. The van der Waals surface area contributed by atoms with E-state index in [4.69, 9.17) is 0 Å².